The van der Waals surface area contributed by atoms with Gasteiger partial charge < -0.3 is 15.4 Å². The van der Waals surface area contributed by atoms with Crippen LogP contribution in [-0.4, -0.2) is 66.8 Å². The van der Waals surface area contributed by atoms with Crippen molar-refractivity contribution in [2.24, 2.45) is 11.7 Å². The van der Waals surface area contributed by atoms with Crippen LogP contribution in [0.2, 0.25) is 0 Å². The van der Waals surface area contributed by atoms with E-state index in [1.165, 1.54) is 19.6 Å². The largest absolute Gasteiger partial charge is 0.375 e. The Morgan fingerprint density at radius 2 is 1.86 bits per heavy atom. The summed E-state index contributed by atoms with van der Waals surface area (Å²) in [5, 5.41) is 0. The highest BCUT2D eigenvalue weighted by molar-refractivity contribution is 5.01. The third-order valence-corrected chi connectivity index (χ3v) is 5.52. The lowest BCUT2D eigenvalue weighted by atomic mass is 9.77. The van der Waals surface area contributed by atoms with Gasteiger partial charge in [0.25, 0.3) is 0 Å². The molecule has 2 N–H and O–H groups in total. The number of piperazine rings is 1. The molecule has 0 bridgehead atoms. The number of rotatable bonds is 5. The summed E-state index contributed by atoms with van der Waals surface area (Å²) < 4.78 is 6.04. The zero-order valence-electron chi connectivity index (χ0n) is 14.5. The first-order chi connectivity index (χ1) is 9.93. The summed E-state index contributed by atoms with van der Waals surface area (Å²) in [6.07, 6.45) is 3.24. The van der Waals surface area contributed by atoms with Crippen molar-refractivity contribution in [3.8, 4) is 0 Å². The smallest absolute Gasteiger partial charge is 0.0670 e. The fraction of sp³-hybridized carbons (Fsp3) is 1.00. The molecule has 2 fully saturated rings. The fourth-order valence-electron chi connectivity index (χ4n) is 4.04. The molecule has 2 saturated heterocycles. The van der Waals surface area contributed by atoms with E-state index in [2.05, 4.69) is 37.5 Å². The van der Waals surface area contributed by atoms with Gasteiger partial charge in [0.2, 0.25) is 0 Å². The predicted octanol–water partition coefficient (Wildman–Crippen LogP) is 1.94. The standard InChI is InChI=1S/C17H35N3O/c1-5-16(4)13-17(14-18,6-11-21-16)20-9-7-19(8-10-20)12-15(2)3/h15H,5-14,18H2,1-4H3. The SMILES string of the molecule is CCC1(C)CC(CN)(N2CCN(CC(C)C)CC2)CCO1. The first kappa shape index (κ1) is 17.2. The van der Waals surface area contributed by atoms with Gasteiger partial charge in [0.15, 0.2) is 0 Å². The highest BCUT2D eigenvalue weighted by atomic mass is 16.5. The van der Waals surface area contributed by atoms with Crippen molar-refractivity contribution in [1.29, 1.82) is 0 Å². The van der Waals surface area contributed by atoms with Crippen molar-refractivity contribution in [3.05, 3.63) is 0 Å². The van der Waals surface area contributed by atoms with Crippen molar-refractivity contribution in [3.63, 3.8) is 0 Å². The third kappa shape index (κ3) is 3.98. The lowest BCUT2D eigenvalue weighted by Gasteiger charge is -2.53. The van der Waals surface area contributed by atoms with E-state index in [0.29, 0.717) is 0 Å². The van der Waals surface area contributed by atoms with E-state index in [0.717, 1.165) is 51.4 Å². The Hall–Kier alpha value is -0.160. The van der Waals surface area contributed by atoms with E-state index in [1.807, 2.05) is 0 Å². The summed E-state index contributed by atoms with van der Waals surface area (Å²) in [5.74, 6) is 0.756. The zero-order valence-corrected chi connectivity index (χ0v) is 14.5. The number of hydrogen-bond acceptors (Lipinski definition) is 4. The fourth-order valence-corrected chi connectivity index (χ4v) is 4.04. The molecular weight excluding hydrogens is 262 g/mol. The topological polar surface area (TPSA) is 41.7 Å². The van der Waals surface area contributed by atoms with Crippen molar-refractivity contribution < 1.29 is 4.74 Å². The van der Waals surface area contributed by atoms with E-state index in [-0.39, 0.29) is 11.1 Å². The first-order valence-electron chi connectivity index (χ1n) is 8.74. The van der Waals surface area contributed by atoms with Crippen molar-refractivity contribution >= 4 is 0 Å². The van der Waals surface area contributed by atoms with Gasteiger partial charge in [-0.05, 0) is 32.1 Å². The zero-order chi connectivity index (χ0) is 15.5. The Morgan fingerprint density at radius 1 is 1.19 bits per heavy atom. The van der Waals surface area contributed by atoms with Gasteiger partial charge in [-0.2, -0.15) is 0 Å². The van der Waals surface area contributed by atoms with Crippen LogP contribution in [0.25, 0.3) is 0 Å². The van der Waals surface area contributed by atoms with Crippen LogP contribution in [0.3, 0.4) is 0 Å². The van der Waals surface area contributed by atoms with Gasteiger partial charge in [-0.15, -0.1) is 0 Å². The second-order valence-corrected chi connectivity index (χ2v) is 7.69. The average molecular weight is 297 g/mol. The molecule has 2 atom stereocenters. The Labute approximate surface area is 131 Å². The van der Waals surface area contributed by atoms with Gasteiger partial charge in [-0.25, -0.2) is 0 Å². The molecule has 4 heteroatoms. The average Bonchev–Trinajstić information content (AvgIpc) is 2.47. The first-order valence-corrected chi connectivity index (χ1v) is 8.74. The summed E-state index contributed by atoms with van der Waals surface area (Å²) in [4.78, 5) is 5.27. The van der Waals surface area contributed by atoms with Crippen molar-refractivity contribution in [2.75, 3.05) is 45.9 Å². The van der Waals surface area contributed by atoms with Crippen LogP contribution in [0.1, 0.15) is 47.0 Å². The van der Waals surface area contributed by atoms with E-state index in [1.54, 1.807) is 0 Å². The number of nitrogens with zero attached hydrogens (tertiary/aromatic N) is 2. The Morgan fingerprint density at radius 3 is 2.38 bits per heavy atom. The number of nitrogens with two attached hydrogens (primary N) is 1. The monoisotopic (exact) mass is 297 g/mol. The van der Waals surface area contributed by atoms with Crippen LogP contribution >= 0.6 is 0 Å². The van der Waals surface area contributed by atoms with Gasteiger partial charge in [0, 0.05) is 51.4 Å². The molecule has 2 rings (SSSR count). The van der Waals surface area contributed by atoms with Crippen LogP contribution in [0.5, 0.6) is 0 Å². The lowest BCUT2D eigenvalue weighted by molar-refractivity contribution is -0.134. The highest BCUT2D eigenvalue weighted by Gasteiger charge is 2.45. The molecule has 124 valence electrons. The minimum absolute atomic E-state index is 0.00663. The quantitative estimate of drug-likeness (QED) is 0.842. The minimum atomic E-state index is 0.00663. The van der Waals surface area contributed by atoms with Crippen molar-refractivity contribution in [1.82, 2.24) is 9.80 Å². The van der Waals surface area contributed by atoms with E-state index < -0.39 is 0 Å². The van der Waals surface area contributed by atoms with Gasteiger partial charge in [0.05, 0.1) is 5.60 Å². The molecule has 4 nitrogen and oxygen atoms in total. The Balaban J connectivity index is 1.99. The maximum atomic E-state index is 6.25. The second-order valence-electron chi connectivity index (χ2n) is 7.69. The molecular formula is C17H35N3O. The number of hydrogen-bond donors (Lipinski definition) is 1. The third-order valence-electron chi connectivity index (χ3n) is 5.52. The highest BCUT2D eigenvalue weighted by Crippen LogP contribution is 2.38. The molecule has 0 saturated carbocycles. The minimum Gasteiger partial charge on any atom is -0.375 e. The van der Waals surface area contributed by atoms with Crippen LogP contribution in [-0.2, 0) is 4.74 Å². The van der Waals surface area contributed by atoms with Crippen LogP contribution in [0, 0.1) is 5.92 Å². The van der Waals surface area contributed by atoms with Gasteiger partial charge in [0.1, 0.15) is 0 Å². The predicted molar refractivity (Wildman–Crippen MR) is 88.5 cm³/mol. The van der Waals surface area contributed by atoms with Crippen LogP contribution < -0.4 is 5.73 Å². The summed E-state index contributed by atoms with van der Waals surface area (Å²) in [5.41, 5.74) is 6.42. The Kier molecular flexibility index (Phi) is 5.69. The summed E-state index contributed by atoms with van der Waals surface area (Å²) in [6, 6.07) is 0. The molecule has 0 aromatic rings. The lowest BCUT2D eigenvalue weighted by Crippen LogP contribution is -2.65. The maximum absolute atomic E-state index is 6.25. The molecule has 0 aromatic heterocycles. The van der Waals surface area contributed by atoms with E-state index in [9.17, 15) is 0 Å². The molecule has 2 unspecified atom stereocenters. The summed E-state index contributed by atoms with van der Waals surface area (Å²) in [6.45, 7) is 16.6. The Bertz CT molecular complexity index is 328. The normalized spacial score (nSPS) is 36.3. The van der Waals surface area contributed by atoms with Crippen molar-refractivity contribution in [2.45, 2.75) is 58.1 Å². The second kappa shape index (κ2) is 6.95. The summed E-state index contributed by atoms with van der Waals surface area (Å²) in [7, 11) is 0. The van der Waals surface area contributed by atoms with E-state index in [4.69, 9.17) is 10.5 Å². The van der Waals surface area contributed by atoms with Crippen LogP contribution in [0.15, 0.2) is 0 Å². The molecule has 21 heavy (non-hydrogen) atoms. The molecule has 2 aliphatic heterocycles. The number of ether oxygens (including phenoxy) is 1. The van der Waals surface area contributed by atoms with Gasteiger partial charge in [-0.1, -0.05) is 20.8 Å². The molecule has 0 amide bonds. The maximum Gasteiger partial charge on any atom is 0.0670 e. The van der Waals surface area contributed by atoms with Crippen LogP contribution in [0.4, 0.5) is 0 Å². The summed E-state index contributed by atoms with van der Waals surface area (Å²) >= 11 is 0. The van der Waals surface area contributed by atoms with Gasteiger partial charge in [-0.3, -0.25) is 4.90 Å². The molecule has 2 aliphatic rings. The molecule has 0 spiro atoms. The molecule has 0 aromatic carbocycles. The molecule has 0 aliphatic carbocycles. The molecule has 2 heterocycles. The molecule has 0 radical (unpaired) electrons. The van der Waals surface area contributed by atoms with Gasteiger partial charge >= 0.3 is 0 Å². The van der Waals surface area contributed by atoms with E-state index >= 15 is 0 Å².